The molecule has 16 nitrogen and oxygen atoms in total. The molecule has 0 saturated carbocycles. The molecule has 5 N–H and O–H groups in total. The second-order valence-electron chi connectivity index (χ2n) is 7.44. The summed E-state index contributed by atoms with van der Waals surface area (Å²) in [4.78, 5) is 52.1. The minimum Gasteiger partial charge on any atom is -0.387 e. The monoisotopic (exact) mass is 535 g/mol. The number of aliphatic hydroxyl groups excluding tert-OH is 2. The molecule has 0 radical (unpaired) electrons. The number of aromatic nitrogens is 3. The molecule has 3 heterocycles. The van der Waals surface area contributed by atoms with E-state index in [4.69, 9.17) is 19.0 Å². The molecule has 3 aromatic rings. The van der Waals surface area contributed by atoms with Gasteiger partial charge in [0.1, 0.15) is 24.0 Å². The summed E-state index contributed by atoms with van der Waals surface area (Å²) in [6.07, 6.45) is -5.53. The van der Waals surface area contributed by atoms with Crippen molar-refractivity contribution in [2.45, 2.75) is 31.1 Å². The molecule has 1 aliphatic heterocycles. The van der Waals surface area contributed by atoms with Gasteiger partial charge in [0.25, 0.3) is 5.56 Å². The Bertz CT molecular complexity index is 1440. The smallest absolute Gasteiger partial charge is 0.387 e. The Labute approximate surface area is 194 Å². The highest BCUT2D eigenvalue weighted by Crippen LogP contribution is 2.57. The molecular weight excluding hydrogens is 516 g/mol. The van der Waals surface area contributed by atoms with Crippen LogP contribution in [0.2, 0.25) is 0 Å². The zero-order valence-corrected chi connectivity index (χ0v) is 19.2. The van der Waals surface area contributed by atoms with Crippen LogP contribution >= 0.6 is 15.6 Å². The van der Waals surface area contributed by atoms with Crippen LogP contribution in [0, 0.1) is 0 Å². The van der Waals surface area contributed by atoms with Crippen molar-refractivity contribution in [2.75, 3.05) is 6.61 Å². The number of rotatable bonds is 8. The number of fused-ring (bicyclic) bond motifs is 1. The van der Waals surface area contributed by atoms with Crippen LogP contribution in [0.15, 0.2) is 50.6 Å². The Morgan fingerprint density at radius 3 is 2.49 bits per heavy atom. The Morgan fingerprint density at radius 1 is 1.06 bits per heavy atom. The van der Waals surface area contributed by atoms with E-state index in [1.54, 1.807) is 24.3 Å². The Morgan fingerprint density at radius 2 is 1.77 bits per heavy atom. The maximum absolute atomic E-state index is 13.0. The predicted molar refractivity (Wildman–Crippen MR) is 113 cm³/mol. The summed E-state index contributed by atoms with van der Waals surface area (Å²) >= 11 is 0. The van der Waals surface area contributed by atoms with Crippen molar-refractivity contribution < 1.29 is 52.1 Å². The van der Waals surface area contributed by atoms with Crippen LogP contribution in [0.25, 0.3) is 11.0 Å². The van der Waals surface area contributed by atoms with Crippen LogP contribution in [-0.4, -0.2) is 64.1 Å². The summed E-state index contributed by atoms with van der Waals surface area (Å²) in [7, 11) is -10.6. The number of phosphoric ester groups is 1. The standard InChI is InChI=1S/C17H19N3O13P2/c21-13-5-6-19(17(24)20(13)7-10-9-3-1-2-4-11(9)32-18-10)16-15(23)14(22)12(31-16)8-30-35(28,29)33-34(25,26)27/h1-6,12,14-16,22-23H,7-8H2,(H,28,29)(H2,25,26,27)/t12-,14+,15?,16-/m1/s1. The highest BCUT2D eigenvalue weighted by Gasteiger charge is 2.46. The first-order chi connectivity index (χ1) is 16.4. The highest BCUT2D eigenvalue weighted by atomic mass is 31.3. The van der Waals surface area contributed by atoms with Crippen LogP contribution in [0.5, 0.6) is 0 Å². The Balaban J connectivity index is 1.56. The average molecular weight is 535 g/mol. The fourth-order valence-corrected chi connectivity index (χ4v) is 5.09. The molecule has 190 valence electrons. The van der Waals surface area contributed by atoms with Crippen LogP contribution in [0.1, 0.15) is 11.9 Å². The van der Waals surface area contributed by atoms with E-state index >= 15 is 0 Å². The van der Waals surface area contributed by atoms with Gasteiger partial charge in [-0.2, -0.15) is 4.31 Å². The van der Waals surface area contributed by atoms with Gasteiger partial charge in [0.15, 0.2) is 11.8 Å². The van der Waals surface area contributed by atoms with Crippen molar-refractivity contribution in [1.82, 2.24) is 14.3 Å². The molecule has 2 aromatic heterocycles. The second-order valence-corrected chi connectivity index (χ2v) is 10.3. The average Bonchev–Trinajstić information content (AvgIpc) is 3.30. The maximum atomic E-state index is 13.0. The number of aliphatic hydroxyl groups is 2. The quantitative estimate of drug-likeness (QED) is 0.219. The van der Waals surface area contributed by atoms with E-state index in [2.05, 4.69) is 14.0 Å². The molecule has 5 atom stereocenters. The van der Waals surface area contributed by atoms with Gasteiger partial charge in [0.05, 0.1) is 13.2 Å². The molecule has 1 aliphatic rings. The van der Waals surface area contributed by atoms with Crippen molar-refractivity contribution >= 4 is 26.6 Å². The van der Waals surface area contributed by atoms with Crippen molar-refractivity contribution in [2.24, 2.45) is 0 Å². The van der Waals surface area contributed by atoms with Gasteiger partial charge in [0.2, 0.25) is 0 Å². The lowest BCUT2D eigenvalue weighted by Gasteiger charge is -2.19. The van der Waals surface area contributed by atoms with E-state index in [0.717, 1.165) is 21.4 Å². The van der Waals surface area contributed by atoms with Gasteiger partial charge >= 0.3 is 21.3 Å². The van der Waals surface area contributed by atoms with Gasteiger partial charge in [-0.1, -0.05) is 17.3 Å². The third-order valence-electron chi connectivity index (χ3n) is 5.08. The lowest BCUT2D eigenvalue weighted by Crippen LogP contribution is -2.43. The van der Waals surface area contributed by atoms with Crippen molar-refractivity contribution in [3.8, 4) is 0 Å². The SMILES string of the molecule is O=c1ccn([C@@H]2O[C@H](COP(=O)(O)OP(=O)(O)O)[C@H](O)C2O)c(=O)n1Cc1noc2ccccc12. The number of nitrogens with zero attached hydrogens (tertiary/aromatic N) is 3. The van der Waals surface area contributed by atoms with Gasteiger partial charge in [-0.05, 0) is 12.1 Å². The normalized spacial score (nSPS) is 24.6. The molecule has 1 fully saturated rings. The van der Waals surface area contributed by atoms with Crippen molar-refractivity contribution in [1.29, 1.82) is 0 Å². The van der Waals surface area contributed by atoms with E-state index < -0.39 is 58.0 Å². The number of phosphoric acid groups is 2. The number of benzene rings is 1. The largest absolute Gasteiger partial charge is 0.481 e. The number of ether oxygens (including phenoxy) is 1. The van der Waals surface area contributed by atoms with E-state index in [9.17, 15) is 33.8 Å². The first-order valence-electron chi connectivity index (χ1n) is 9.77. The molecule has 2 unspecified atom stereocenters. The molecule has 0 bridgehead atoms. The number of hydrogen-bond donors (Lipinski definition) is 5. The first-order valence-corrected chi connectivity index (χ1v) is 12.8. The Kier molecular flexibility index (Phi) is 6.96. The Hall–Kier alpha value is -2.49. The van der Waals surface area contributed by atoms with Gasteiger partial charge in [0, 0.05) is 17.6 Å². The van der Waals surface area contributed by atoms with Gasteiger partial charge < -0.3 is 34.2 Å². The van der Waals surface area contributed by atoms with Crippen molar-refractivity contribution in [3.63, 3.8) is 0 Å². The summed E-state index contributed by atoms with van der Waals surface area (Å²) < 4.78 is 42.6. The highest BCUT2D eigenvalue weighted by molar-refractivity contribution is 7.60. The van der Waals surface area contributed by atoms with Crippen LogP contribution in [0.4, 0.5) is 0 Å². The van der Waals surface area contributed by atoms with E-state index in [0.29, 0.717) is 16.7 Å². The lowest BCUT2D eigenvalue weighted by molar-refractivity contribution is -0.0547. The second kappa shape index (κ2) is 9.52. The minimum atomic E-state index is -5.37. The molecule has 0 amide bonds. The zero-order valence-electron chi connectivity index (χ0n) is 17.4. The summed E-state index contributed by atoms with van der Waals surface area (Å²) in [5.74, 6) is 0. The minimum absolute atomic E-state index is 0.277. The van der Waals surface area contributed by atoms with Crippen molar-refractivity contribution in [3.05, 3.63) is 63.1 Å². The molecule has 1 aromatic carbocycles. The molecule has 1 saturated heterocycles. The summed E-state index contributed by atoms with van der Waals surface area (Å²) in [6, 6.07) is 7.80. The molecule has 18 heteroatoms. The van der Waals surface area contributed by atoms with E-state index in [1.165, 1.54) is 0 Å². The third-order valence-corrected chi connectivity index (χ3v) is 7.23. The van der Waals surface area contributed by atoms with E-state index in [-0.39, 0.29) is 6.54 Å². The fourth-order valence-electron chi connectivity index (χ4n) is 3.49. The van der Waals surface area contributed by atoms with Gasteiger partial charge in [-0.25, -0.2) is 13.9 Å². The molecule has 0 aliphatic carbocycles. The number of hydrogen-bond acceptors (Lipinski definition) is 11. The molecular formula is C17H19N3O13P2. The topological polar surface area (TPSA) is 233 Å². The molecule has 0 spiro atoms. The summed E-state index contributed by atoms with van der Waals surface area (Å²) in [5, 5.41) is 25.1. The number of para-hydroxylation sites is 1. The first kappa shape index (κ1) is 25.6. The van der Waals surface area contributed by atoms with Gasteiger partial charge in [-0.15, -0.1) is 0 Å². The van der Waals surface area contributed by atoms with Gasteiger partial charge in [-0.3, -0.25) is 18.5 Å². The maximum Gasteiger partial charge on any atom is 0.481 e. The summed E-state index contributed by atoms with van der Waals surface area (Å²) in [6.45, 7) is -1.22. The van der Waals surface area contributed by atoms with Crippen LogP contribution < -0.4 is 11.2 Å². The molecule has 35 heavy (non-hydrogen) atoms. The summed E-state index contributed by atoms with van der Waals surface area (Å²) in [5.41, 5.74) is -0.890. The lowest BCUT2D eigenvalue weighted by atomic mass is 10.1. The molecule has 4 rings (SSSR count). The predicted octanol–water partition coefficient (Wildman–Crippen LogP) is -0.955. The van der Waals surface area contributed by atoms with Crippen LogP contribution in [-0.2, 0) is 29.2 Å². The third kappa shape index (κ3) is 5.52. The zero-order chi connectivity index (χ0) is 25.5. The van der Waals surface area contributed by atoms with Crippen LogP contribution in [0.3, 0.4) is 0 Å². The fraction of sp³-hybridized carbons (Fsp3) is 0.353. The van der Waals surface area contributed by atoms with E-state index in [1.807, 2.05) is 0 Å².